The number of nitrogens with one attached hydrogen (secondary N) is 1. The Kier molecular flexibility index (Phi) is 4.85. The van der Waals surface area contributed by atoms with Gasteiger partial charge >= 0.3 is 0 Å². The van der Waals surface area contributed by atoms with Gasteiger partial charge in [-0.3, -0.25) is 9.69 Å². The van der Waals surface area contributed by atoms with Crippen molar-refractivity contribution in [1.29, 1.82) is 0 Å². The first-order valence-corrected chi connectivity index (χ1v) is 8.90. The zero-order valence-electron chi connectivity index (χ0n) is 13.7. The lowest BCUT2D eigenvalue weighted by Crippen LogP contribution is -2.53. The molecule has 120 valence electrons. The molecule has 0 radical (unpaired) electrons. The molecule has 3 atom stereocenters. The molecule has 0 bridgehead atoms. The third-order valence-electron chi connectivity index (χ3n) is 5.47. The highest BCUT2D eigenvalue weighted by Crippen LogP contribution is 2.33. The van der Waals surface area contributed by atoms with E-state index in [1.165, 1.54) is 25.7 Å². The quantitative estimate of drug-likeness (QED) is 0.860. The molecule has 21 heavy (non-hydrogen) atoms. The van der Waals surface area contributed by atoms with Crippen molar-refractivity contribution in [3.8, 4) is 0 Å². The van der Waals surface area contributed by atoms with Gasteiger partial charge in [0.2, 0.25) is 5.91 Å². The van der Waals surface area contributed by atoms with Crippen LogP contribution in [0.5, 0.6) is 0 Å². The maximum Gasteiger partial charge on any atom is 0.239 e. The summed E-state index contributed by atoms with van der Waals surface area (Å²) in [5.41, 5.74) is 0. The van der Waals surface area contributed by atoms with Gasteiger partial charge in [-0.25, -0.2) is 0 Å². The van der Waals surface area contributed by atoms with Gasteiger partial charge in [0.15, 0.2) is 0 Å². The predicted molar refractivity (Wildman–Crippen MR) is 85.1 cm³/mol. The van der Waals surface area contributed by atoms with Gasteiger partial charge in [0.1, 0.15) is 0 Å². The van der Waals surface area contributed by atoms with E-state index in [0.717, 1.165) is 45.1 Å². The number of carbonyl (C=O) groups excluding carboxylic acids is 1. The fraction of sp³-hybridized carbons (Fsp3) is 0.941. The van der Waals surface area contributed by atoms with E-state index in [1.807, 2.05) is 0 Å². The maximum absolute atomic E-state index is 12.7. The molecule has 1 N–H and O–H groups in total. The molecule has 3 fully saturated rings. The van der Waals surface area contributed by atoms with Gasteiger partial charge in [0.05, 0.1) is 6.04 Å². The summed E-state index contributed by atoms with van der Waals surface area (Å²) < 4.78 is 0. The molecular formula is C17H31N3O. The van der Waals surface area contributed by atoms with Crippen molar-refractivity contribution in [1.82, 2.24) is 15.1 Å². The minimum absolute atomic E-state index is 0.106. The summed E-state index contributed by atoms with van der Waals surface area (Å²) in [5, 5.41) is 3.63. The minimum atomic E-state index is 0.106. The molecule has 0 aromatic carbocycles. The zero-order chi connectivity index (χ0) is 14.8. The lowest BCUT2D eigenvalue weighted by atomic mass is 9.85. The zero-order valence-corrected chi connectivity index (χ0v) is 13.7. The van der Waals surface area contributed by atoms with Crippen LogP contribution in [0.1, 0.15) is 46.0 Å². The molecule has 3 aliphatic rings. The molecule has 4 heteroatoms. The molecule has 4 nitrogen and oxygen atoms in total. The van der Waals surface area contributed by atoms with Crippen molar-refractivity contribution in [2.45, 2.75) is 58.0 Å². The first-order chi connectivity index (χ1) is 10.1. The number of hydrogen-bond acceptors (Lipinski definition) is 3. The molecule has 1 amide bonds. The van der Waals surface area contributed by atoms with E-state index in [1.54, 1.807) is 0 Å². The van der Waals surface area contributed by atoms with Crippen LogP contribution < -0.4 is 5.32 Å². The van der Waals surface area contributed by atoms with E-state index in [2.05, 4.69) is 29.0 Å². The summed E-state index contributed by atoms with van der Waals surface area (Å²) in [4.78, 5) is 17.3. The Morgan fingerprint density at radius 2 is 1.86 bits per heavy atom. The maximum atomic E-state index is 12.7. The number of fused-ring (bicyclic) bond motifs is 1. The number of amides is 1. The minimum Gasteiger partial charge on any atom is -0.339 e. The monoisotopic (exact) mass is 293 g/mol. The van der Waals surface area contributed by atoms with E-state index in [4.69, 9.17) is 0 Å². The number of piperazine rings is 1. The number of carbonyl (C=O) groups is 1. The normalized spacial score (nSPS) is 34.2. The van der Waals surface area contributed by atoms with E-state index >= 15 is 0 Å². The second kappa shape index (κ2) is 6.66. The average molecular weight is 293 g/mol. The average Bonchev–Trinajstić information content (AvgIpc) is 2.90. The largest absolute Gasteiger partial charge is 0.339 e. The smallest absolute Gasteiger partial charge is 0.239 e. The Morgan fingerprint density at radius 1 is 1.14 bits per heavy atom. The summed E-state index contributed by atoms with van der Waals surface area (Å²) >= 11 is 0. The first-order valence-electron chi connectivity index (χ1n) is 8.90. The SMILES string of the molecule is CC(C)CN1CCN(C(=O)C2CC3CCCCC3N2)CC1. The second-order valence-electron chi connectivity index (χ2n) is 7.63. The van der Waals surface area contributed by atoms with Crippen molar-refractivity contribution in [3.63, 3.8) is 0 Å². The highest BCUT2D eigenvalue weighted by molar-refractivity contribution is 5.82. The molecule has 0 spiro atoms. The lowest BCUT2D eigenvalue weighted by Gasteiger charge is -2.36. The van der Waals surface area contributed by atoms with Crippen LogP contribution in [0.15, 0.2) is 0 Å². The van der Waals surface area contributed by atoms with Crippen LogP contribution in [0.2, 0.25) is 0 Å². The van der Waals surface area contributed by atoms with Crippen LogP contribution in [-0.4, -0.2) is 60.5 Å². The standard InChI is InChI=1S/C17H31N3O/c1-13(2)12-19-7-9-20(10-8-19)17(21)16-11-14-5-3-4-6-15(14)18-16/h13-16,18H,3-12H2,1-2H3. The predicted octanol–water partition coefficient (Wildman–Crippen LogP) is 1.71. The number of nitrogens with zero attached hydrogens (tertiary/aromatic N) is 2. The Bertz CT molecular complexity index is 349. The van der Waals surface area contributed by atoms with Gasteiger partial charge in [-0.05, 0) is 31.1 Å². The Hall–Kier alpha value is -0.610. The summed E-state index contributed by atoms with van der Waals surface area (Å²) in [5.74, 6) is 1.84. The summed E-state index contributed by atoms with van der Waals surface area (Å²) in [6.45, 7) is 9.61. The third-order valence-corrected chi connectivity index (χ3v) is 5.47. The molecule has 0 aromatic heterocycles. The molecule has 1 aliphatic carbocycles. The van der Waals surface area contributed by atoms with Crippen LogP contribution in [0.4, 0.5) is 0 Å². The van der Waals surface area contributed by atoms with Crippen molar-refractivity contribution >= 4 is 5.91 Å². The molecule has 0 aromatic rings. The summed E-state index contributed by atoms with van der Waals surface area (Å²) in [6.07, 6.45) is 6.37. The topological polar surface area (TPSA) is 35.6 Å². The Morgan fingerprint density at radius 3 is 2.52 bits per heavy atom. The van der Waals surface area contributed by atoms with Crippen molar-refractivity contribution < 1.29 is 4.79 Å². The molecule has 2 aliphatic heterocycles. The molecule has 3 unspecified atom stereocenters. The molecule has 2 saturated heterocycles. The van der Waals surface area contributed by atoms with E-state index < -0.39 is 0 Å². The Balaban J connectivity index is 1.48. The van der Waals surface area contributed by atoms with Crippen molar-refractivity contribution in [3.05, 3.63) is 0 Å². The molecule has 1 saturated carbocycles. The van der Waals surface area contributed by atoms with E-state index in [0.29, 0.717) is 17.9 Å². The van der Waals surface area contributed by atoms with Gasteiger partial charge < -0.3 is 10.2 Å². The van der Waals surface area contributed by atoms with Gasteiger partial charge in [-0.15, -0.1) is 0 Å². The van der Waals surface area contributed by atoms with Crippen LogP contribution in [-0.2, 0) is 4.79 Å². The Labute approximate surface area is 129 Å². The second-order valence-corrected chi connectivity index (χ2v) is 7.63. The fourth-order valence-electron chi connectivity index (χ4n) is 4.40. The lowest BCUT2D eigenvalue weighted by molar-refractivity contribution is -0.135. The third kappa shape index (κ3) is 3.59. The molecule has 2 heterocycles. The van der Waals surface area contributed by atoms with Crippen molar-refractivity contribution in [2.24, 2.45) is 11.8 Å². The highest BCUT2D eigenvalue weighted by Gasteiger charge is 2.40. The highest BCUT2D eigenvalue weighted by atomic mass is 16.2. The van der Waals surface area contributed by atoms with E-state index in [-0.39, 0.29) is 6.04 Å². The van der Waals surface area contributed by atoms with Gasteiger partial charge in [0, 0.05) is 38.8 Å². The number of hydrogen-bond donors (Lipinski definition) is 1. The van der Waals surface area contributed by atoms with Crippen LogP contribution in [0, 0.1) is 11.8 Å². The van der Waals surface area contributed by atoms with E-state index in [9.17, 15) is 4.79 Å². The van der Waals surface area contributed by atoms with Crippen LogP contribution in [0.25, 0.3) is 0 Å². The van der Waals surface area contributed by atoms with Crippen molar-refractivity contribution in [2.75, 3.05) is 32.7 Å². The fourth-order valence-corrected chi connectivity index (χ4v) is 4.40. The summed E-state index contributed by atoms with van der Waals surface area (Å²) in [6, 6.07) is 0.727. The molecular weight excluding hydrogens is 262 g/mol. The number of rotatable bonds is 3. The van der Waals surface area contributed by atoms with Gasteiger partial charge in [0.25, 0.3) is 0 Å². The van der Waals surface area contributed by atoms with Crippen LogP contribution >= 0.6 is 0 Å². The summed E-state index contributed by atoms with van der Waals surface area (Å²) in [7, 11) is 0. The first kappa shape index (κ1) is 15.3. The molecule has 3 rings (SSSR count). The van der Waals surface area contributed by atoms with Gasteiger partial charge in [-0.1, -0.05) is 26.7 Å². The van der Waals surface area contributed by atoms with Gasteiger partial charge in [-0.2, -0.15) is 0 Å². The van der Waals surface area contributed by atoms with Crippen LogP contribution in [0.3, 0.4) is 0 Å².